The minimum Gasteiger partial charge on any atom is -0.497 e. The summed E-state index contributed by atoms with van der Waals surface area (Å²) < 4.78 is 24.2. The van der Waals surface area contributed by atoms with Crippen molar-refractivity contribution in [2.75, 3.05) is 38.2 Å². The topological polar surface area (TPSA) is 85.1 Å². The number of halogens is 1. The predicted molar refractivity (Wildman–Crippen MR) is 121 cm³/mol. The number of benzene rings is 3. The van der Waals surface area contributed by atoms with E-state index >= 15 is 0 Å². The number of nitro groups is 1. The number of anilines is 1. The Kier molecular flexibility index (Phi) is 6.39. The largest absolute Gasteiger partial charge is 0.497 e. The van der Waals surface area contributed by atoms with Crippen LogP contribution in [0.4, 0.5) is 15.8 Å². The molecule has 1 fully saturated rings. The normalized spacial score (nSPS) is 13.5. The van der Waals surface area contributed by atoms with Gasteiger partial charge in [-0.15, -0.1) is 0 Å². The van der Waals surface area contributed by atoms with Gasteiger partial charge in [0.25, 0.3) is 11.6 Å². The van der Waals surface area contributed by atoms with Gasteiger partial charge in [-0.25, -0.2) is 4.39 Å². The lowest BCUT2D eigenvalue weighted by atomic mass is 10.1. The van der Waals surface area contributed by atoms with Crippen LogP contribution in [-0.2, 0) is 0 Å². The van der Waals surface area contributed by atoms with Crippen LogP contribution < -0.4 is 14.4 Å². The van der Waals surface area contributed by atoms with Crippen molar-refractivity contribution in [3.05, 3.63) is 88.2 Å². The zero-order valence-electron chi connectivity index (χ0n) is 17.9. The number of nitro benzene ring substituents is 1. The van der Waals surface area contributed by atoms with Crippen molar-refractivity contribution in [3.63, 3.8) is 0 Å². The summed E-state index contributed by atoms with van der Waals surface area (Å²) in [5.41, 5.74) is 0.808. The third kappa shape index (κ3) is 5.03. The molecular formula is C24H22FN3O5. The number of carbonyl (C=O) groups is 1. The summed E-state index contributed by atoms with van der Waals surface area (Å²) in [6.07, 6.45) is 0. The molecule has 1 saturated heterocycles. The van der Waals surface area contributed by atoms with E-state index in [9.17, 15) is 19.3 Å². The van der Waals surface area contributed by atoms with E-state index in [1.165, 1.54) is 30.3 Å². The van der Waals surface area contributed by atoms with E-state index in [4.69, 9.17) is 9.47 Å². The summed E-state index contributed by atoms with van der Waals surface area (Å²) in [6, 6.07) is 17.0. The number of amides is 1. The molecule has 0 spiro atoms. The third-order valence-corrected chi connectivity index (χ3v) is 5.45. The second-order valence-corrected chi connectivity index (χ2v) is 7.47. The third-order valence-electron chi connectivity index (χ3n) is 5.45. The molecule has 0 aromatic heterocycles. The molecule has 0 unspecified atom stereocenters. The number of ether oxygens (including phenoxy) is 2. The van der Waals surface area contributed by atoms with Crippen molar-refractivity contribution in [1.82, 2.24) is 4.90 Å². The van der Waals surface area contributed by atoms with Crippen molar-refractivity contribution in [2.24, 2.45) is 0 Å². The molecule has 3 aromatic rings. The minimum atomic E-state index is -0.541. The lowest BCUT2D eigenvalue weighted by Crippen LogP contribution is -2.48. The van der Waals surface area contributed by atoms with Crippen molar-refractivity contribution < 1.29 is 23.6 Å². The number of piperazine rings is 1. The van der Waals surface area contributed by atoms with E-state index in [0.29, 0.717) is 37.7 Å². The quantitative estimate of drug-likeness (QED) is 0.405. The van der Waals surface area contributed by atoms with Gasteiger partial charge < -0.3 is 19.3 Å². The first-order chi connectivity index (χ1) is 15.9. The average molecular weight is 451 g/mol. The molecule has 0 radical (unpaired) electrons. The zero-order chi connectivity index (χ0) is 23.4. The fraction of sp³-hybridized carbons (Fsp3) is 0.208. The average Bonchev–Trinajstić information content (AvgIpc) is 2.85. The number of hydrogen-bond donors (Lipinski definition) is 0. The Morgan fingerprint density at radius 1 is 0.939 bits per heavy atom. The maximum absolute atomic E-state index is 13.3. The van der Waals surface area contributed by atoms with E-state index in [-0.39, 0.29) is 28.7 Å². The van der Waals surface area contributed by atoms with Gasteiger partial charge >= 0.3 is 0 Å². The van der Waals surface area contributed by atoms with Gasteiger partial charge in [0.05, 0.1) is 17.6 Å². The second-order valence-electron chi connectivity index (χ2n) is 7.47. The van der Waals surface area contributed by atoms with Crippen LogP contribution in [0.1, 0.15) is 10.4 Å². The first-order valence-corrected chi connectivity index (χ1v) is 10.3. The number of carbonyl (C=O) groups excluding carboxylic acids is 1. The maximum Gasteiger partial charge on any atom is 0.270 e. The summed E-state index contributed by atoms with van der Waals surface area (Å²) >= 11 is 0. The lowest BCUT2D eigenvalue weighted by molar-refractivity contribution is -0.384. The monoisotopic (exact) mass is 451 g/mol. The highest BCUT2D eigenvalue weighted by Crippen LogP contribution is 2.31. The standard InChI is InChI=1S/C24H22FN3O5/c1-32-20-7-9-21(10-8-20)33-23-11-6-19(28(30)31)16-22(23)24(29)27-14-12-26(13-15-27)18-4-2-17(25)3-5-18/h2-11,16H,12-15H2,1H3. The van der Waals surface area contributed by atoms with E-state index in [1.807, 2.05) is 0 Å². The predicted octanol–water partition coefficient (Wildman–Crippen LogP) is 4.50. The van der Waals surface area contributed by atoms with E-state index in [2.05, 4.69) is 4.90 Å². The van der Waals surface area contributed by atoms with Crippen molar-refractivity contribution in [2.45, 2.75) is 0 Å². The zero-order valence-corrected chi connectivity index (χ0v) is 17.9. The highest BCUT2D eigenvalue weighted by Gasteiger charge is 2.26. The van der Waals surface area contributed by atoms with Crippen LogP contribution in [0.15, 0.2) is 66.7 Å². The highest BCUT2D eigenvalue weighted by molar-refractivity contribution is 5.98. The molecule has 1 aliphatic rings. The number of hydrogen-bond acceptors (Lipinski definition) is 6. The summed E-state index contributed by atoms with van der Waals surface area (Å²) in [4.78, 5) is 27.8. The molecule has 0 aliphatic carbocycles. The molecule has 1 heterocycles. The van der Waals surface area contributed by atoms with Gasteiger partial charge in [-0.1, -0.05) is 0 Å². The van der Waals surface area contributed by atoms with Gasteiger partial charge in [-0.05, 0) is 54.6 Å². The minimum absolute atomic E-state index is 0.121. The molecular weight excluding hydrogens is 429 g/mol. The first kappa shape index (κ1) is 22.1. The maximum atomic E-state index is 13.3. The van der Waals surface area contributed by atoms with Crippen LogP contribution in [0.25, 0.3) is 0 Å². The smallest absolute Gasteiger partial charge is 0.270 e. The Labute approximate surface area is 189 Å². The molecule has 0 saturated carbocycles. The highest BCUT2D eigenvalue weighted by atomic mass is 19.1. The molecule has 33 heavy (non-hydrogen) atoms. The lowest BCUT2D eigenvalue weighted by Gasteiger charge is -2.36. The summed E-state index contributed by atoms with van der Waals surface area (Å²) in [5, 5.41) is 11.3. The first-order valence-electron chi connectivity index (χ1n) is 10.3. The van der Waals surface area contributed by atoms with Crippen molar-refractivity contribution in [1.29, 1.82) is 0 Å². The summed E-state index contributed by atoms with van der Waals surface area (Å²) in [6.45, 7) is 1.95. The van der Waals surface area contributed by atoms with Gasteiger partial charge in [0.1, 0.15) is 23.1 Å². The van der Waals surface area contributed by atoms with Crippen LogP contribution in [0.2, 0.25) is 0 Å². The number of non-ortho nitro benzene ring substituents is 1. The summed E-state index contributed by atoms with van der Waals surface area (Å²) in [5.74, 6) is 0.710. The van der Waals surface area contributed by atoms with Crippen LogP contribution in [0.3, 0.4) is 0 Å². The van der Waals surface area contributed by atoms with Gasteiger partial charge in [0, 0.05) is 44.0 Å². The van der Waals surface area contributed by atoms with E-state index < -0.39 is 4.92 Å². The molecule has 8 nitrogen and oxygen atoms in total. The Bertz CT molecular complexity index is 1140. The molecule has 0 N–H and O–H groups in total. The van der Waals surface area contributed by atoms with E-state index in [0.717, 1.165) is 5.69 Å². The van der Waals surface area contributed by atoms with Crippen LogP contribution in [-0.4, -0.2) is 49.0 Å². The Morgan fingerprint density at radius 2 is 1.58 bits per heavy atom. The van der Waals surface area contributed by atoms with E-state index in [1.54, 1.807) is 48.4 Å². The van der Waals surface area contributed by atoms with Crippen LogP contribution >= 0.6 is 0 Å². The fourth-order valence-corrected chi connectivity index (χ4v) is 3.65. The molecule has 1 aliphatic heterocycles. The number of methoxy groups -OCH3 is 1. The molecule has 4 rings (SSSR count). The van der Waals surface area contributed by atoms with Crippen molar-refractivity contribution >= 4 is 17.3 Å². The molecule has 9 heteroatoms. The van der Waals surface area contributed by atoms with Crippen LogP contribution in [0, 0.1) is 15.9 Å². The van der Waals surface area contributed by atoms with Gasteiger partial charge in [0.2, 0.25) is 0 Å². The number of nitrogens with zero attached hydrogens (tertiary/aromatic N) is 3. The SMILES string of the molecule is COc1ccc(Oc2ccc([N+](=O)[O-])cc2C(=O)N2CCN(c3ccc(F)cc3)CC2)cc1. The van der Waals surface area contributed by atoms with Gasteiger partial charge in [-0.2, -0.15) is 0 Å². The Morgan fingerprint density at radius 3 is 2.18 bits per heavy atom. The van der Waals surface area contributed by atoms with Crippen molar-refractivity contribution in [3.8, 4) is 17.2 Å². The molecule has 170 valence electrons. The Hall–Kier alpha value is -4.14. The molecule has 0 bridgehead atoms. The van der Waals surface area contributed by atoms with Gasteiger partial charge in [-0.3, -0.25) is 14.9 Å². The number of rotatable bonds is 6. The molecule has 1 amide bonds. The van der Waals surface area contributed by atoms with Crippen LogP contribution in [0.5, 0.6) is 17.2 Å². The molecule has 3 aromatic carbocycles. The van der Waals surface area contributed by atoms with Gasteiger partial charge in [0.15, 0.2) is 0 Å². The fourth-order valence-electron chi connectivity index (χ4n) is 3.65. The summed E-state index contributed by atoms with van der Waals surface area (Å²) in [7, 11) is 1.55. The Balaban J connectivity index is 1.53. The molecule has 0 atom stereocenters. The second kappa shape index (κ2) is 9.56.